The lowest BCUT2D eigenvalue weighted by molar-refractivity contribution is -0.120. The number of amides is 1. The number of nitrogens with one attached hydrogen (secondary N) is 1. The molecule has 0 aromatic heterocycles. The van der Waals surface area contributed by atoms with Gasteiger partial charge in [0.05, 0.1) is 41.1 Å². The number of aromatic hydroxyl groups is 1. The first kappa shape index (κ1) is 19.9. The fourth-order valence-corrected chi connectivity index (χ4v) is 2.38. The zero-order valence-electron chi connectivity index (χ0n) is 15.6. The summed E-state index contributed by atoms with van der Waals surface area (Å²) in [6.45, 7) is 0. The predicted molar refractivity (Wildman–Crippen MR) is 100 cm³/mol. The number of methoxy groups -OCH3 is 4. The second kappa shape index (κ2) is 9.33. The molecule has 1 amide bonds. The monoisotopic (exact) mass is 374 g/mol. The number of hydrogen-bond acceptors (Lipinski definition) is 7. The van der Waals surface area contributed by atoms with Gasteiger partial charge in [-0.2, -0.15) is 5.10 Å². The summed E-state index contributed by atoms with van der Waals surface area (Å²) in [7, 11) is 5.94. The first-order valence-electron chi connectivity index (χ1n) is 8.00. The van der Waals surface area contributed by atoms with Crippen LogP contribution in [-0.4, -0.2) is 45.7 Å². The molecule has 2 aromatic rings. The lowest BCUT2D eigenvalue weighted by atomic mass is 10.1. The number of hydrazone groups is 1. The van der Waals surface area contributed by atoms with Gasteiger partial charge in [-0.05, 0) is 29.8 Å². The molecule has 0 bridgehead atoms. The highest BCUT2D eigenvalue weighted by atomic mass is 16.5. The molecule has 0 fully saturated rings. The highest BCUT2D eigenvalue weighted by Crippen LogP contribution is 2.36. The van der Waals surface area contributed by atoms with Crippen molar-refractivity contribution >= 4 is 12.1 Å². The van der Waals surface area contributed by atoms with E-state index in [0.29, 0.717) is 17.1 Å². The van der Waals surface area contributed by atoms with Crippen molar-refractivity contribution in [3.8, 4) is 28.7 Å². The largest absolute Gasteiger partial charge is 0.502 e. The first-order chi connectivity index (χ1) is 13.0. The van der Waals surface area contributed by atoms with Gasteiger partial charge in [0.25, 0.3) is 0 Å². The number of carbonyl (C=O) groups is 1. The Kier molecular flexibility index (Phi) is 6.87. The molecular formula is C19H22N2O6. The topological polar surface area (TPSA) is 98.6 Å². The zero-order valence-corrected chi connectivity index (χ0v) is 15.6. The van der Waals surface area contributed by atoms with Gasteiger partial charge < -0.3 is 24.1 Å². The van der Waals surface area contributed by atoms with Gasteiger partial charge in [-0.25, -0.2) is 5.43 Å². The van der Waals surface area contributed by atoms with Gasteiger partial charge in [-0.1, -0.05) is 6.07 Å². The molecule has 144 valence electrons. The van der Waals surface area contributed by atoms with Crippen LogP contribution < -0.4 is 24.4 Å². The Labute approximate surface area is 157 Å². The predicted octanol–water partition coefficient (Wildman–Crippen LogP) is 2.12. The van der Waals surface area contributed by atoms with E-state index in [4.69, 9.17) is 18.9 Å². The van der Waals surface area contributed by atoms with Crippen LogP contribution in [0.3, 0.4) is 0 Å². The van der Waals surface area contributed by atoms with Crippen molar-refractivity contribution in [1.29, 1.82) is 0 Å². The van der Waals surface area contributed by atoms with Gasteiger partial charge in [0.2, 0.25) is 11.7 Å². The smallest absolute Gasteiger partial charge is 0.244 e. The fraction of sp³-hybridized carbons (Fsp3) is 0.263. The van der Waals surface area contributed by atoms with Gasteiger partial charge in [0.1, 0.15) is 0 Å². The Bertz CT molecular complexity index is 810. The molecule has 0 aliphatic rings. The van der Waals surface area contributed by atoms with Crippen LogP contribution >= 0.6 is 0 Å². The van der Waals surface area contributed by atoms with E-state index in [9.17, 15) is 9.90 Å². The van der Waals surface area contributed by atoms with Gasteiger partial charge in [-0.3, -0.25) is 4.79 Å². The molecule has 0 saturated heterocycles. The van der Waals surface area contributed by atoms with Crippen molar-refractivity contribution in [2.24, 2.45) is 5.10 Å². The van der Waals surface area contributed by atoms with Crippen LogP contribution in [0.5, 0.6) is 28.7 Å². The Morgan fingerprint density at radius 1 is 0.963 bits per heavy atom. The molecule has 8 nitrogen and oxygen atoms in total. The molecule has 0 radical (unpaired) electrons. The van der Waals surface area contributed by atoms with Gasteiger partial charge in [0, 0.05) is 5.56 Å². The molecule has 8 heteroatoms. The van der Waals surface area contributed by atoms with Crippen LogP contribution in [0.2, 0.25) is 0 Å². The Balaban J connectivity index is 2.03. The molecule has 0 aliphatic heterocycles. The maximum Gasteiger partial charge on any atom is 0.244 e. The molecule has 0 spiro atoms. The number of ether oxygens (including phenoxy) is 4. The lowest BCUT2D eigenvalue weighted by Gasteiger charge is -2.09. The molecule has 27 heavy (non-hydrogen) atoms. The fourth-order valence-electron chi connectivity index (χ4n) is 2.38. The van der Waals surface area contributed by atoms with Crippen LogP contribution in [0.15, 0.2) is 35.4 Å². The molecule has 0 saturated carbocycles. The second-order valence-electron chi connectivity index (χ2n) is 5.43. The van der Waals surface area contributed by atoms with Crippen molar-refractivity contribution in [2.75, 3.05) is 28.4 Å². The summed E-state index contributed by atoms with van der Waals surface area (Å²) in [6, 6.07) is 8.39. The number of phenolic OH excluding ortho intramolecular Hbond substituents is 1. The molecule has 0 atom stereocenters. The highest BCUT2D eigenvalue weighted by Gasteiger charge is 2.11. The van der Waals surface area contributed by atoms with E-state index in [1.165, 1.54) is 27.5 Å². The summed E-state index contributed by atoms with van der Waals surface area (Å²) in [4.78, 5) is 12.1. The maximum absolute atomic E-state index is 12.1. The molecule has 2 N–H and O–H groups in total. The lowest BCUT2D eigenvalue weighted by Crippen LogP contribution is -2.19. The van der Waals surface area contributed by atoms with Crippen LogP contribution in [0.1, 0.15) is 11.1 Å². The number of nitrogens with zero attached hydrogens (tertiary/aromatic N) is 1. The van der Waals surface area contributed by atoms with Crippen molar-refractivity contribution in [1.82, 2.24) is 5.43 Å². The van der Waals surface area contributed by atoms with E-state index in [1.807, 2.05) is 0 Å². The molecular weight excluding hydrogens is 352 g/mol. The minimum Gasteiger partial charge on any atom is -0.502 e. The zero-order chi connectivity index (χ0) is 19.8. The maximum atomic E-state index is 12.1. The number of carbonyl (C=O) groups excluding carboxylic acids is 1. The van der Waals surface area contributed by atoms with Crippen molar-refractivity contribution in [3.05, 3.63) is 41.5 Å². The van der Waals surface area contributed by atoms with Gasteiger partial charge >= 0.3 is 0 Å². The summed E-state index contributed by atoms with van der Waals surface area (Å²) < 4.78 is 20.5. The van der Waals surface area contributed by atoms with Crippen molar-refractivity contribution in [3.63, 3.8) is 0 Å². The van der Waals surface area contributed by atoms with E-state index < -0.39 is 0 Å². The van der Waals surface area contributed by atoms with E-state index >= 15 is 0 Å². The average molecular weight is 374 g/mol. The summed E-state index contributed by atoms with van der Waals surface area (Å²) in [5, 5.41) is 13.8. The van der Waals surface area contributed by atoms with Gasteiger partial charge in [-0.15, -0.1) is 0 Å². The Hall–Kier alpha value is -3.42. The number of benzene rings is 2. The highest BCUT2D eigenvalue weighted by molar-refractivity contribution is 5.85. The van der Waals surface area contributed by atoms with Crippen LogP contribution in [-0.2, 0) is 11.2 Å². The molecule has 2 aromatic carbocycles. The second-order valence-corrected chi connectivity index (χ2v) is 5.43. The number of rotatable bonds is 8. The van der Waals surface area contributed by atoms with E-state index in [2.05, 4.69) is 10.5 Å². The average Bonchev–Trinajstić information content (AvgIpc) is 2.68. The standard InChI is InChI=1S/C19H22N2O6/c1-24-14-6-5-12(7-15(14)25-2)10-18(22)21-20-11-13-8-16(26-3)19(23)17(9-13)27-4/h5-9,11,23H,10H2,1-4H3,(H,21,22)/b20-11+. The van der Waals surface area contributed by atoms with Gasteiger partial charge in [0.15, 0.2) is 23.0 Å². The number of hydrogen-bond donors (Lipinski definition) is 2. The quantitative estimate of drug-likeness (QED) is 0.542. The van der Waals surface area contributed by atoms with E-state index in [0.717, 1.165) is 5.56 Å². The Morgan fingerprint density at radius 3 is 2.11 bits per heavy atom. The Morgan fingerprint density at radius 2 is 1.56 bits per heavy atom. The van der Waals surface area contributed by atoms with E-state index in [-0.39, 0.29) is 29.6 Å². The van der Waals surface area contributed by atoms with Crippen molar-refractivity contribution < 1.29 is 28.8 Å². The third-order valence-corrected chi connectivity index (χ3v) is 3.72. The SMILES string of the molecule is COc1ccc(CC(=O)N/N=C/c2cc(OC)c(O)c(OC)c2)cc1OC. The summed E-state index contributed by atoms with van der Waals surface area (Å²) in [5.41, 5.74) is 3.80. The van der Waals surface area contributed by atoms with Crippen LogP contribution in [0.25, 0.3) is 0 Å². The summed E-state index contributed by atoms with van der Waals surface area (Å²) >= 11 is 0. The van der Waals surface area contributed by atoms with E-state index in [1.54, 1.807) is 37.4 Å². The third-order valence-electron chi connectivity index (χ3n) is 3.72. The number of phenols is 1. The van der Waals surface area contributed by atoms with Crippen LogP contribution in [0, 0.1) is 0 Å². The molecule has 0 unspecified atom stereocenters. The summed E-state index contributed by atoms with van der Waals surface area (Å²) in [6.07, 6.45) is 1.55. The normalized spacial score (nSPS) is 10.5. The minimum atomic E-state index is -0.295. The molecule has 2 rings (SSSR count). The van der Waals surface area contributed by atoms with Crippen LogP contribution in [0.4, 0.5) is 0 Å². The van der Waals surface area contributed by atoms with Crippen molar-refractivity contribution in [2.45, 2.75) is 6.42 Å². The molecule has 0 heterocycles. The molecule has 0 aliphatic carbocycles. The minimum absolute atomic E-state index is 0.102. The first-order valence-corrected chi connectivity index (χ1v) is 8.00. The summed E-state index contributed by atoms with van der Waals surface area (Å²) in [5.74, 6) is 1.23. The third kappa shape index (κ3) is 5.04.